The molecule has 0 spiro atoms. The fourth-order valence-corrected chi connectivity index (χ4v) is 5.36. The van der Waals surface area contributed by atoms with Gasteiger partial charge < -0.3 is 4.74 Å². The smallest absolute Gasteiger partial charge is 0.343 e. The molecule has 0 unspecified atom stereocenters. The van der Waals surface area contributed by atoms with Crippen molar-refractivity contribution in [3.63, 3.8) is 0 Å². The third-order valence-electron chi connectivity index (χ3n) is 5.55. The zero-order chi connectivity index (χ0) is 27.8. The molecule has 0 bridgehead atoms. The van der Waals surface area contributed by atoms with Crippen LogP contribution in [0.2, 0.25) is 5.02 Å². The van der Waals surface area contributed by atoms with Gasteiger partial charge in [0.2, 0.25) is 0 Å². The molecule has 0 fully saturated rings. The zero-order valence-corrected chi connectivity index (χ0v) is 22.4. The summed E-state index contributed by atoms with van der Waals surface area (Å²) in [7, 11) is -4.06. The Hall–Kier alpha value is -4.47. The second-order valence-corrected chi connectivity index (χ2v) is 10.7. The maximum absolute atomic E-state index is 13.4. The van der Waals surface area contributed by atoms with Gasteiger partial charge in [0.15, 0.2) is 0 Å². The van der Waals surface area contributed by atoms with E-state index in [0.29, 0.717) is 33.1 Å². The summed E-state index contributed by atoms with van der Waals surface area (Å²) in [6, 6.07) is 27.7. The summed E-state index contributed by atoms with van der Waals surface area (Å²) in [5.74, 6) is -0.770. The minimum Gasteiger partial charge on any atom is -0.423 e. The molecule has 0 aromatic heterocycles. The van der Waals surface area contributed by atoms with Crippen LogP contribution in [0.1, 0.15) is 21.5 Å². The first kappa shape index (κ1) is 27.6. The molecule has 0 aliphatic heterocycles. The summed E-state index contributed by atoms with van der Waals surface area (Å²) >= 11 is 6.06. The Morgan fingerprint density at radius 1 is 0.923 bits per heavy atom. The molecule has 198 valence electrons. The molecule has 0 radical (unpaired) electrons. The van der Waals surface area contributed by atoms with Gasteiger partial charge in [0, 0.05) is 5.02 Å². The van der Waals surface area contributed by atoms with Crippen molar-refractivity contribution in [2.24, 2.45) is 5.10 Å². The van der Waals surface area contributed by atoms with Gasteiger partial charge >= 0.3 is 5.97 Å². The number of hydrogen-bond donors (Lipinski definition) is 1. The Bertz CT molecular complexity index is 1590. The molecule has 0 saturated heterocycles. The minimum atomic E-state index is -4.06. The Morgan fingerprint density at radius 3 is 2.21 bits per heavy atom. The molecule has 0 atom stereocenters. The first-order chi connectivity index (χ1) is 18.7. The Morgan fingerprint density at radius 2 is 1.56 bits per heavy atom. The van der Waals surface area contributed by atoms with E-state index in [2.05, 4.69) is 10.5 Å². The van der Waals surface area contributed by atoms with Crippen molar-refractivity contribution in [1.82, 2.24) is 5.43 Å². The number of anilines is 1. The standard InChI is InChI=1S/C29H24ClN3O5S/c1-21-18-24(30)14-17-27(21)33(39(36,37)26-10-6-3-7-11-26)20-28(34)32-31-19-22-12-15-25(16-13-22)38-29(35)23-8-4-2-5-9-23/h2-19H,20H2,1H3,(H,32,34)/b31-19-. The van der Waals surface area contributed by atoms with Gasteiger partial charge in [-0.3, -0.25) is 9.10 Å². The second-order valence-electron chi connectivity index (χ2n) is 8.37. The number of carbonyl (C=O) groups is 2. The van der Waals surface area contributed by atoms with E-state index in [1.54, 1.807) is 91.9 Å². The molecule has 4 rings (SSSR count). The quantitative estimate of drug-likeness (QED) is 0.131. The van der Waals surface area contributed by atoms with Gasteiger partial charge in [-0.2, -0.15) is 5.10 Å². The number of halogens is 1. The third kappa shape index (κ3) is 7.10. The van der Waals surface area contributed by atoms with Crippen LogP contribution in [0.25, 0.3) is 0 Å². The van der Waals surface area contributed by atoms with Crippen molar-refractivity contribution >= 4 is 45.4 Å². The molecule has 4 aromatic carbocycles. The number of esters is 1. The highest BCUT2D eigenvalue weighted by atomic mass is 35.5. The molecule has 10 heteroatoms. The predicted molar refractivity (Wildman–Crippen MR) is 151 cm³/mol. The van der Waals surface area contributed by atoms with Crippen molar-refractivity contribution in [1.29, 1.82) is 0 Å². The van der Waals surface area contributed by atoms with E-state index in [1.165, 1.54) is 18.3 Å². The number of nitrogens with zero attached hydrogens (tertiary/aromatic N) is 2. The lowest BCUT2D eigenvalue weighted by molar-refractivity contribution is -0.119. The van der Waals surface area contributed by atoms with Gasteiger partial charge in [0.1, 0.15) is 12.3 Å². The maximum Gasteiger partial charge on any atom is 0.343 e. The first-order valence-electron chi connectivity index (χ1n) is 11.8. The number of benzene rings is 4. The fraction of sp³-hybridized carbons (Fsp3) is 0.0690. The van der Waals surface area contributed by atoms with Crippen LogP contribution in [-0.4, -0.2) is 33.1 Å². The summed E-state index contributed by atoms with van der Waals surface area (Å²) < 4.78 is 33.2. The Kier molecular flexibility index (Phi) is 8.75. The third-order valence-corrected chi connectivity index (χ3v) is 7.56. The van der Waals surface area contributed by atoms with Crippen LogP contribution in [0.15, 0.2) is 113 Å². The van der Waals surface area contributed by atoms with Gasteiger partial charge in [-0.05, 0) is 84.8 Å². The monoisotopic (exact) mass is 561 g/mol. The van der Waals surface area contributed by atoms with Gasteiger partial charge in [0.05, 0.1) is 22.4 Å². The number of amides is 1. The average Bonchev–Trinajstić information content (AvgIpc) is 2.94. The summed E-state index contributed by atoms with van der Waals surface area (Å²) in [6.45, 7) is 1.21. The highest BCUT2D eigenvalue weighted by Crippen LogP contribution is 2.28. The minimum absolute atomic E-state index is 0.0451. The molecule has 4 aromatic rings. The van der Waals surface area contributed by atoms with Crippen molar-refractivity contribution in [3.05, 3.63) is 125 Å². The number of nitrogens with one attached hydrogen (secondary N) is 1. The number of sulfonamides is 1. The van der Waals surface area contributed by atoms with Gasteiger partial charge in [-0.25, -0.2) is 18.6 Å². The van der Waals surface area contributed by atoms with Crippen LogP contribution in [0.5, 0.6) is 5.75 Å². The van der Waals surface area contributed by atoms with Gasteiger partial charge in [0.25, 0.3) is 15.9 Å². The van der Waals surface area contributed by atoms with Crippen LogP contribution in [0.3, 0.4) is 0 Å². The van der Waals surface area contributed by atoms with E-state index in [4.69, 9.17) is 16.3 Å². The predicted octanol–water partition coefficient (Wildman–Crippen LogP) is 5.21. The lowest BCUT2D eigenvalue weighted by atomic mass is 10.2. The summed E-state index contributed by atoms with van der Waals surface area (Å²) in [6.07, 6.45) is 1.39. The van der Waals surface area contributed by atoms with Crippen molar-refractivity contribution < 1.29 is 22.7 Å². The van der Waals surface area contributed by atoms with E-state index < -0.39 is 28.4 Å². The molecule has 0 aliphatic rings. The van der Waals surface area contributed by atoms with E-state index >= 15 is 0 Å². The highest BCUT2D eigenvalue weighted by Gasteiger charge is 2.28. The van der Waals surface area contributed by atoms with Crippen molar-refractivity contribution in [2.75, 3.05) is 10.8 Å². The average molecular weight is 562 g/mol. The SMILES string of the molecule is Cc1cc(Cl)ccc1N(CC(=O)N/N=C\c1ccc(OC(=O)c2ccccc2)cc1)S(=O)(=O)c1ccccc1. The molecule has 0 heterocycles. The van der Waals surface area contributed by atoms with Crippen molar-refractivity contribution in [2.45, 2.75) is 11.8 Å². The fourth-order valence-electron chi connectivity index (χ4n) is 3.62. The molecular weight excluding hydrogens is 538 g/mol. The topological polar surface area (TPSA) is 105 Å². The van der Waals surface area contributed by atoms with Crippen LogP contribution in [0.4, 0.5) is 5.69 Å². The van der Waals surface area contributed by atoms with Crippen LogP contribution in [-0.2, 0) is 14.8 Å². The second kappa shape index (κ2) is 12.4. The van der Waals surface area contributed by atoms with E-state index in [9.17, 15) is 18.0 Å². The van der Waals surface area contributed by atoms with E-state index in [-0.39, 0.29) is 4.90 Å². The number of rotatable bonds is 9. The maximum atomic E-state index is 13.4. The normalized spacial score (nSPS) is 11.2. The van der Waals surface area contributed by atoms with Crippen molar-refractivity contribution in [3.8, 4) is 5.75 Å². The first-order valence-corrected chi connectivity index (χ1v) is 13.6. The molecular formula is C29H24ClN3O5S. The highest BCUT2D eigenvalue weighted by molar-refractivity contribution is 7.92. The summed E-state index contributed by atoms with van der Waals surface area (Å²) in [5.41, 5.74) is 4.33. The van der Waals surface area contributed by atoms with Gasteiger partial charge in [-0.1, -0.05) is 48.0 Å². The van der Waals surface area contributed by atoms with Crippen LogP contribution < -0.4 is 14.5 Å². The molecule has 1 N–H and O–H groups in total. The number of hydrogen-bond acceptors (Lipinski definition) is 6. The summed E-state index contributed by atoms with van der Waals surface area (Å²) in [4.78, 5) is 25.0. The number of hydrazone groups is 1. The van der Waals surface area contributed by atoms with E-state index in [0.717, 1.165) is 4.31 Å². The van der Waals surface area contributed by atoms with Crippen LogP contribution in [0, 0.1) is 6.92 Å². The number of carbonyl (C=O) groups excluding carboxylic acids is 2. The Balaban J connectivity index is 1.44. The molecule has 0 saturated carbocycles. The lowest BCUT2D eigenvalue weighted by Crippen LogP contribution is -2.40. The Labute approximate surface area is 231 Å². The van der Waals surface area contributed by atoms with Crippen LogP contribution >= 0.6 is 11.6 Å². The number of aryl methyl sites for hydroxylation is 1. The van der Waals surface area contributed by atoms with Gasteiger partial charge in [-0.15, -0.1) is 0 Å². The molecule has 1 amide bonds. The van der Waals surface area contributed by atoms with E-state index in [1.807, 2.05) is 6.07 Å². The molecule has 0 aliphatic carbocycles. The lowest BCUT2D eigenvalue weighted by Gasteiger charge is -2.25. The summed E-state index contributed by atoms with van der Waals surface area (Å²) in [5, 5.41) is 4.39. The largest absolute Gasteiger partial charge is 0.423 e. The molecule has 8 nitrogen and oxygen atoms in total. The molecule has 39 heavy (non-hydrogen) atoms. The zero-order valence-electron chi connectivity index (χ0n) is 20.8. The number of ether oxygens (including phenoxy) is 1.